The molecule has 4 rings (SSSR count). The zero-order valence-electron chi connectivity index (χ0n) is 19.4. The maximum atomic E-state index is 11.6. The maximum Gasteiger partial charge on any atom is 0.528 e. The van der Waals surface area contributed by atoms with Crippen LogP contribution < -0.4 is 10.5 Å². The van der Waals surface area contributed by atoms with Gasteiger partial charge in [0.05, 0.1) is 12.3 Å². The monoisotopic (exact) mass is 461 g/mol. The van der Waals surface area contributed by atoms with E-state index in [4.69, 9.17) is 20.0 Å². The molecule has 0 bridgehead atoms. The van der Waals surface area contributed by atoms with Crippen molar-refractivity contribution in [2.75, 3.05) is 6.61 Å². The van der Waals surface area contributed by atoms with Crippen molar-refractivity contribution in [2.45, 2.75) is 39.5 Å². The molecule has 176 valence electrons. The minimum atomic E-state index is -1.14. The predicted octanol–water partition coefficient (Wildman–Crippen LogP) is 3.65. The third kappa shape index (κ3) is 5.03. The van der Waals surface area contributed by atoms with Crippen molar-refractivity contribution in [2.24, 2.45) is 11.7 Å². The lowest BCUT2D eigenvalue weighted by atomic mass is 9.85. The highest BCUT2D eigenvalue weighted by Gasteiger charge is 2.33. The molecule has 1 aliphatic carbocycles. The SMILES string of the molecule is Cc1ccc(-c2nc(CCOc3cccc4c3CCC=C4CC(C(N)=O)C(=O)[OH2+])c(C)o2)cc1. The Kier molecular flexibility index (Phi) is 6.82. The van der Waals surface area contributed by atoms with Gasteiger partial charge in [0.1, 0.15) is 11.5 Å². The van der Waals surface area contributed by atoms with Crippen LogP contribution in [0.2, 0.25) is 0 Å². The number of hydrogen-bond donors (Lipinski definition) is 1. The van der Waals surface area contributed by atoms with Crippen LogP contribution in [-0.4, -0.2) is 28.6 Å². The third-order valence-electron chi connectivity index (χ3n) is 6.14. The van der Waals surface area contributed by atoms with Crippen molar-refractivity contribution in [1.82, 2.24) is 4.98 Å². The summed E-state index contributed by atoms with van der Waals surface area (Å²) in [5.74, 6) is -0.714. The van der Waals surface area contributed by atoms with E-state index in [2.05, 4.69) is 4.98 Å². The van der Waals surface area contributed by atoms with E-state index in [9.17, 15) is 9.59 Å². The van der Waals surface area contributed by atoms with Crippen molar-refractivity contribution in [1.29, 1.82) is 0 Å². The second-order valence-electron chi connectivity index (χ2n) is 8.56. The van der Waals surface area contributed by atoms with Gasteiger partial charge in [0.15, 0.2) is 5.92 Å². The van der Waals surface area contributed by atoms with Gasteiger partial charge in [0.2, 0.25) is 11.8 Å². The van der Waals surface area contributed by atoms with Crippen molar-refractivity contribution in [3.05, 3.63) is 76.7 Å². The zero-order chi connectivity index (χ0) is 24.2. The summed E-state index contributed by atoms with van der Waals surface area (Å²) >= 11 is 0. The minimum absolute atomic E-state index is 0.133. The van der Waals surface area contributed by atoms with E-state index in [-0.39, 0.29) is 6.42 Å². The Bertz CT molecular complexity index is 1230. The smallest absolute Gasteiger partial charge is 0.528 e. The molecule has 0 saturated heterocycles. The number of primary amides is 1. The van der Waals surface area contributed by atoms with Crippen LogP contribution in [0.4, 0.5) is 0 Å². The van der Waals surface area contributed by atoms with Gasteiger partial charge in [0.25, 0.3) is 0 Å². The van der Waals surface area contributed by atoms with Crippen LogP contribution in [0.25, 0.3) is 17.0 Å². The van der Waals surface area contributed by atoms with Crippen molar-refractivity contribution >= 4 is 17.4 Å². The summed E-state index contributed by atoms with van der Waals surface area (Å²) in [6.45, 7) is 4.38. The second kappa shape index (κ2) is 9.95. The van der Waals surface area contributed by atoms with Crippen LogP contribution in [-0.2, 0) is 22.4 Å². The molecule has 34 heavy (non-hydrogen) atoms. The van der Waals surface area contributed by atoms with Crippen LogP contribution in [0, 0.1) is 19.8 Å². The van der Waals surface area contributed by atoms with Gasteiger partial charge in [0, 0.05) is 28.8 Å². The maximum absolute atomic E-state index is 11.6. The van der Waals surface area contributed by atoms with Gasteiger partial charge in [-0.3, -0.25) is 4.79 Å². The lowest BCUT2D eigenvalue weighted by Gasteiger charge is -2.21. The normalized spacial score (nSPS) is 13.6. The molecule has 0 fully saturated rings. The molecule has 0 radical (unpaired) electrons. The number of fused-ring (bicyclic) bond motifs is 1. The van der Waals surface area contributed by atoms with Gasteiger partial charge in [-0.25, -0.2) is 4.98 Å². The summed E-state index contributed by atoms with van der Waals surface area (Å²) < 4.78 is 12.0. The number of aryl methyl sites for hydroxylation is 2. The van der Waals surface area contributed by atoms with Crippen LogP contribution >= 0.6 is 0 Å². The van der Waals surface area contributed by atoms with E-state index in [0.29, 0.717) is 18.9 Å². The number of nitrogens with zero attached hydrogens (tertiary/aromatic N) is 1. The largest absolute Gasteiger partial charge is 0.564 e. The van der Waals surface area contributed by atoms with Gasteiger partial charge in [-0.2, -0.15) is 0 Å². The first-order valence-electron chi connectivity index (χ1n) is 11.4. The molecule has 2 aromatic carbocycles. The summed E-state index contributed by atoms with van der Waals surface area (Å²) in [6, 6.07) is 13.8. The number of benzene rings is 2. The Morgan fingerprint density at radius 2 is 1.94 bits per heavy atom. The highest BCUT2D eigenvalue weighted by Crippen LogP contribution is 2.36. The number of aromatic nitrogens is 1. The summed E-state index contributed by atoms with van der Waals surface area (Å²) in [6.07, 6.45) is 4.31. The summed E-state index contributed by atoms with van der Waals surface area (Å²) in [5.41, 5.74) is 11.2. The Morgan fingerprint density at radius 1 is 1.18 bits per heavy atom. The molecule has 1 aromatic heterocycles. The van der Waals surface area contributed by atoms with Crippen molar-refractivity contribution in [3.63, 3.8) is 0 Å². The number of hydrogen-bond acceptors (Lipinski definition) is 5. The summed E-state index contributed by atoms with van der Waals surface area (Å²) in [7, 11) is 0. The highest BCUT2D eigenvalue weighted by molar-refractivity contribution is 5.98. The quantitative estimate of drug-likeness (QED) is 0.385. The molecule has 1 aliphatic rings. The molecule has 7 nitrogen and oxygen atoms in total. The Morgan fingerprint density at radius 3 is 2.65 bits per heavy atom. The lowest BCUT2D eigenvalue weighted by molar-refractivity contribution is -0.145. The molecular formula is C27H29N2O5+. The third-order valence-corrected chi connectivity index (χ3v) is 6.14. The van der Waals surface area contributed by atoms with Crippen LogP contribution in [0.1, 0.15) is 41.0 Å². The molecule has 1 amide bonds. The average Bonchev–Trinajstić information content (AvgIpc) is 3.18. The number of nitrogens with two attached hydrogens (primary N) is 1. The van der Waals surface area contributed by atoms with Gasteiger partial charge in [-0.15, -0.1) is 0 Å². The van der Waals surface area contributed by atoms with Gasteiger partial charge in [-0.1, -0.05) is 35.9 Å². The fourth-order valence-corrected chi connectivity index (χ4v) is 4.23. The van der Waals surface area contributed by atoms with E-state index in [1.807, 2.05) is 62.4 Å². The first-order valence-corrected chi connectivity index (χ1v) is 11.4. The van der Waals surface area contributed by atoms with Crippen LogP contribution in [0.15, 0.2) is 53.0 Å². The van der Waals surface area contributed by atoms with E-state index >= 15 is 0 Å². The number of allylic oxidation sites excluding steroid dienone is 2. The Hall–Kier alpha value is -3.87. The molecule has 3 aromatic rings. The van der Waals surface area contributed by atoms with Gasteiger partial charge < -0.3 is 20.0 Å². The zero-order valence-corrected chi connectivity index (χ0v) is 19.4. The van der Waals surface area contributed by atoms with E-state index in [1.54, 1.807) is 0 Å². The Labute approximate surface area is 198 Å². The molecule has 0 spiro atoms. The fraction of sp³-hybridized carbons (Fsp3) is 0.296. The van der Waals surface area contributed by atoms with E-state index in [0.717, 1.165) is 52.3 Å². The highest BCUT2D eigenvalue weighted by atomic mass is 16.5. The molecule has 7 heteroatoms. The summed E-state index contributed by atoms with van der Waals surface area (Å²) in [5, 5.41) is 7.36. The standard InChI is InChI=1S/C27H28N2O5/c1-16-9-11-18(12-10-16)26-29-23(17(2)34-26)13-14-33-24-8-4-6-20-19(5-3-7-21(20)24)15-22(25(28)30)27(31)32/h4-6,8-12,22H,3,7,13-15H2,1-2H3,(H2,28,30)(H,31,32)/p+1. The molecule has 0 aliphatic heterocycles. The Balaban J connectivity index is 1.45. The number of amides is 1. The number of ether oxygens (including phenoxy) is 1. The predicted molar refractivity (Wildman–Crippen MR) is 129 cm³/mol. The number of rotatable bonds is 9. The minimum Gasteiger partial charge on any atom is -0.564 e. The first-order chi connectivity index (χ1) is 16.3. The van der Waals surface area contributed by atoms with Gasteiger partial charge in [-0.05, 0) is 56.0 Å². The second-order valence-corrected chi connectivity index (χ2v) is 8.56. The van der Waals surface area contributed by atoms with Crippen LogP contribution in [0.3, 0.4) is 0 Å². The molecule has 1 atom stereocenters. The number of carbonyl (C=O) groups is 2. The van der Waals surface area contributed by atoms with Gasteiger partial charge >= 0.3 is 5.97 Å². The summed E-state index contributed by atoms with van der Waals surface area (Å²) in [4.78, 5) is 27.8. The first kappa shape index (κ1) is 23.3. The van der Waals surface area contributed by atoms with E-state index < -0.39 is 17.8 Å². The fourth-order valence-electron chi connectivity index (χ4n) is 4.23. The molecule has 1 heterocycles. The van der Waals surface area contributed by atoms with Crippen molar-refractivity contribution in [3.8, 4) is 17.2 Å². The van der Waals surface area contributed by atoms with Crippen LogP contribution in [0.5, 0.6) is 5.75 Å². The molecular weight excluding hydrogens is 432 g/mol. The average molecular weight is 462 g/mol. The molecule has 1 unspecified atom stereocenters. The van der Waals surface area contributed by atoms with Crippen molar-refractivity contribution < 1.29 is 23.8 Å². The topological polar surface area (TPSA) is 118 Å². The molecule has 0 saturated carbocycles. The van der Waals surface area contributed by atoms with E-state index in [1.165, 1.54) is 5.56 Å². The lowest BCUT2D eigenvalue weighted by Crippen LogP contribution is -2.30. The molecule has 4 N–H and O–H groups in total. The number of oxazole rings is 1. The number of carbonyl (C=O) groups excluding carboxylic acids is 2.